The van der Waals surface area contributed by atoms with Crippen molar-refractivity contribution in [2.24, 2.45) is 0 Å². The van der Waals surface area contributed by atoms with Gasteiger partial charge in [-0.3, -0.25) is 4.79 Å². The fourth-order valence-corrected chi connectivity index (χ4v) is 1.80. The Balaban J connectivity index is 1.90. The van der Waals surface area contributed by atoms with Crippen LogP contribution in [0.15, 0.2) is 18.2 Å². The minimum atomic E-state index is -0.845. The minimum absolute atomic E-state index is 0.197. The zero-order valence-corrected chi connectivity index (χ0v) is 10.2. The van der Waals surface area contributed by atoms with Gasteiger partial charge < -0.3 is 14.8 Å². The van der Waals surface area contributed by atoms with E-state index in [2.05, 4.69) is 10.1 Å². The number of benzene rings is 1. The molecule has 5 nitrogen and oxygen atoms in total. The Hall–Kier alpha value is -2.04. The van der Waals surface area contributed by atoms with Crippen LogP contribution in [-0.2, 0) is 27.3 Å². The summed E-state index contributed by atoms with van der Waals surface area (Å²) in [7, 11) is 0. The van der Waals surface area contributed by atoms with E-state index >= 15 is 0 Å². The van der Waals surface area contributed by atoms with Crippen molar-refractivity contribution in [2.45, 2.75) is 19.9 Å². The third-order valence-corrected chi connectivity index (χ3v) is 2.67. The average molecular weight is 249 g/mol. The summed E-state index contributed by atoms with van der Waals surface area (Å²) < 4.78 is 9.98. The van der Waals surface area contributed by atoms with Gasteiger partial charge in [0.15, 0.2) is 0 Å². The smallest absolute Gasteiger partial charge is 0.396 e. The van der Waals surface area contributed by atoms with E-state index in [9.17, 15) is 9.59 Å². The van der Waals surface area contributed by atoms with Crippen molar-refractivity contribution >= 4 is 11.9 Å². The molecule has 0 spiro atoms. The molecule has 0 aromatic heterocycles. The molecule has 0 atom stereocenters. The number of fused-ring (bicyclic) bond motifs is 1. The third-order valence-electron chi connectivity index (χ3n) is 2.67. The maximum atomic E-state index is 11.3. The van der Waals surface area contributed by atoms with Crippen molar-refractivity contribution in [3.05, 3.63) is 29.3 Å². The molecule has 1 aliphatic heterocycles. The Kier molecular flexibility index (Phi) is 3.82. The quantitative estimate of drug-likeness (QED) is 0.635. The first-order valence-electron chi connectivity index (χ1n) is 5.90. The molecule has 5 heteroatoms. The summed E-state index contributed by atoms with van der Waals surface area (Å²) in [6, 6.07) is 5.73. The van der Waals surface area contributed by atoms with E-state index in [4.69, 9.17) is 4.74 Å². The van der Waals surface area contributed by atoms with Gasteiger partial charge >= 0.3 is 11.9 Å². The van der Waals surface area contributed by atoms with Crippen molar-refractivity contribution in [1.82, 2.24) is 5.32 Å². The fourth-order valence-electron chi connectivity index (χ4n) is 1.80. The highest BCUT2D eigenvalue weighted by Crippen LogP contribution is 2.25. The van der Waals surface area contributed by atoms with E-state index < -0.39 is 11.9 Å². The molecule has 0 saturated heterocycles. The highest BCUT2D eigenvalue weighted by atomic mass is 16.5. The number of nitrogens with one attached hydrogen (secondary N) is 1. The molecule has 1 aromatic rings. The highest BCUT2D eigenvalue weighted by molar-refractivity contribution is 6.32. The van der Waals surface area contributed by atoms with Gasteiger partial charge in [0.2, 0.25) is 0 Å². The van der Waals surface area contributed by atoms with Crippen molar-refractivity contribution in [2.75, 3.05) is 13.2 Å². The number of carbonyl (C=O) groups is 2. The summed E-state index contributed by atoms with van der Waals surface area (Å²) in [5.41, 5.74) is 2.08. The van der Waals surface area contributed by atoms with Crippen LogP contribution in [0.3, 0.4) is 0 Å². The van der Waals surface area contributed by atoms with E-state index in [0.29, 0.717) is 13.2 Å². The molecule has 1 heterocycles. The summed E-state index contributed by atoms with van der Waals surface area (Å²) in [6.07, 6.45) is 0.884. The standard InChI is InChI=1S/C13H15NO4/c1-2-17-13(16)12(15)14-8-9-3-4-11-10(7-9)5-6-18-11/h3-4,7H,2,5-6,8H2,1H3,(H,14,15). The predicted octanol–water partition coefficient (Wildman–Crippen LogP) is 0.801. The summed E-state index contributed by atoms with van der Waals surface area (Å²) in [6.45, 7) is 2.87. The zero-order valence-electron chi connectivity index (χ0n) is 10.2. The van der Waals surface area contributed by atoms with Gasteiger partial charge in [-0.1, -0.05) is 12.1 Å². The molecule has 1 aromatic carbocycles. The molecule has 18 heavy (non-hydrogen) atoms. The van der Waals surface area contributed by atoms with E-state index in [1.165, 1.54) is 0 Å². The number of amides is 1. The number of hydrogen-bond donors (Lipinski definition) is 1. The first-order chi connectivity index (χ1) is 8.70. The van der Waals surface area contributed by atoms with E-state index in [1.54, 1.807) is 6.92 Å². The Morgan fingerprint density at radius 3 is 3.06 bits per heavy atom. The lowest BCUT2D eigenvalue weighted by Gasteiger charge is -2.06. The lowest BCUT2D eigenvalue weighted by Crippen LogP contribution is -2.32. The van der Waals surface area contributed by atoms with Crippen molar-refractivity contribution < 1.29 is 19.1 Å². The van der Waals surface area contributed by atoms with Crippen LogP contribution in [0, 0.1) is 0 Å². The molecular weight excluding hydrogens is 234 g/mol. The molecular formula is C13H15NO4. The predicted molar refractivity (Wildman–Crippen MR) is 64.1 cm³/mol. The molecule has 0 saturated carbocycles. The Bertz CT molecular complexity index is 470. The molecule has 1 amide bonds. The molecule has 0 aliphatic carbocycles. The summed E-state index contributed by atoms with van der Waals surface area (Å²) in [4.78, 5) is 22.4. The van der Waals surface area contributed by atoms with Crippen LogP contribution in [-0.4, -0.2) is 25.1 Å². The lowest BCUT2D eigenvalue weighted by molar-refractivity contribution is -0.154. The van der Waals surface area contributed by atoms with Gasteiger partial charge in [0, 0.05) is 13.0 Å². The van der Waals surface area contributed by atoms with Gasteiger partial charge in [0.25, 0.3) is 0 Å². The van der Waals surface area contributed by atoms with Crippen LogP contribution in [0.1, 0.15) is 18.1 Å². The van der Waals surface area contributed by atoms with Crippen molar-refractivity contribution in [3.8, 4) is 5.75 Å². The van der Waals surface area contributed by atoms with E-state index in [1.807, 2.05) is 18.2 Å². The molecule has 0 unspecified atom stereocenters. The first-order valence-corrected chi connectivity index (χ1v) is 5.90. The van der Waals surface area contributed by atoms with Gasteiger partial charge in [0.05, 0.1) is 13.2 Å². The summed E-state index contributed by atoms with van der Waals surface area (Å²) >= 11 is 0. The SMILES string of the molecule is CCOC(=O)C(=O)NCc1ccc2c(c1)CCO2. The molecule has 1 aliphatic rings. The fraction of sp³-hybridized carbons (Fsp3) is 0.385. The molecule has 0 radical (unpaired) electrons. The molecule has 96 valence electrons. The second kappa shape index (κ2) is 5.53. The van der Waals surface area contributed by atoms with Crippen LogP contribution in [0.2, 0.25) is 0 Å². The number of carbonyl (C=O) groups excluding carboxylic acids is 2. The van der Waals surface area contributed by atoms with Crippen LogP contribution < -0.4 is 10.1 Å². The Morgan fingerprint density at radius 2 is 2.28 bits per heavy atom. The largest absolute Gasteiger partial charge is 0.493 e. The summed E-state index contributed by atoms with van der Waals surface area (Å²) in [5.74, 6) is -0.661. The number of ether oxygens (including phenoxy) is 2. The molecule has 0 bridgehead atoms. The second-order valence-corrected chi connectivity index (χ2v) is 3.94. The van der Waals surface area contributed by atoms with Crippen molar-refractivity contribution in [1.29, 1.82) is 0 Å². The monoisotopic (exact) mass is 249 g/mol. The van der Waals surface area contributed by atoms with Crippen LogP contribution in [0.4, 0.5) is 0 Å². The van der Waals surface area contributed by atoms with Gasteiger partial charge in [-0.05, 0) is 24.1 Å². The first kappa shape index (κ1) is 12.4. The van der Waals surface area contributed by atoms with Crippen LogP contribution in [0.5, 0.6) is 5.75 Å². The third kappa shape index (κ3) is 2.80. The minimum Gasteiger partial charge on any atom is -0.493 e. The lowest BCUT2D eigenvalue weighted by atomic mass is 10.1. The number of esters is 1. The van der Waals surface area contributed by atoms with Crippen LogP contribution >= 0.6 is 0 Å². The average Bonchev–Trinajstić information content (AvgIpc) is 2.83. The Morgan fingerprint density at radius 1 is 1.44 bits per heavy atom. The number of rotatable bonds is 3. The normalized spacial score (nSPS) is 12.5. The zero-order chi connectivity index (χ0) is 13.0. The Labute approximate surface area is 105 Å². The molecule has 2 rings (SSSR count). The summed E-state index contributed by atoms with van der Waals surface area (Å²) in [5, 5.41) is 2.52. The molecule has 0 fully saturated rings. The van der Waals surface area contributed by atoms with Gasteiger partial charge in [-0.25, -0.2) is 4.79 Å². The van der Waals surface area contributed by atoms with E-state index in [0.717, 1.165) is 23.3 Å². The topological polar surface area (TPSA) is 64.6 Å². The maximum absolute atomic E-state index is 11.3. The highest BCUT2D eigenvalue weighted by Gasteiger charge is 2.15. The van der Waals surface area contributed by atoms with Gasteiger partial charge in [0.1, 0.15) is 5.75 Å². The van der Waals surface area contributed by atoms with Crippen molar-refractivity contribution in [3.63, 3.8) is 0 Å². The number of hydrogen-bond acceptors (Lipinski definition) is 4. The second-order valence-electron chi connectivity index (χ2n) is 3.94. The van der Waals surface area contributed by atoms with Gasteiger partial charge in [-0.2, -0.15) is 0 Å². The van der Waals surface area contributed by atoms with E-state index in [-0.39, 0.29) is 6.61 Å². The van der Waals surface area contributed by atoms with Gasteiger partial charge in [-0.15, -0.1) is 0 Å². The molecule has 1 N–H and O–H groups in total. The van der Waals surface area contributed by atoms with Crippen LogP contribution in [0.25, 0.3) is 0 Å². The maximum Gasteiger partial charge on any atom is 0.396 e.